The van der Waals surface area contributed by atoms with Crippen molar-refractivity contribution in [2.45, 2.75) is 43.7 Å². The molecule has 0 bridgehead atoms. The minimum atomic E-state index is -0.422. The predicted molar refractivity (Wildman–Crippen MR) is 96.4 cm³/mol. The van der Waals surface area contributed by atoms with E-state index in [4.69, 9.17) is 4.74 Å². The maximum absolute atomic E-state index is 11.8. The van der Waals surface area contributed by atoms with Crippen LogP contribution >= 0.6 is 0 Å². The number of benzene rings is 1. The highest BCUT2D eigenvalue weighted by Gasteiger charge is 2.41. The summed E-state index contributed by atoms with van der Waals surface area (Å²) in [6.45, 7) is 1.94. The summed E-state index contributed by atoms with van der Waals surface area (Å²) in [4.78, 5) is 17.5. The Morgan fingerprint density at radius 3 is 2.76 bits per heavy atom. The van der Waals surface area contributed by atoms with Crippen LogP contribution in [0.3, 0.4) is 0 Å². The lowest BCUT2D eigenvalue weighted by atomic mass is 9.88. The third kappa shape index (κ3) is 3.07. The van der Waals surface area contributed by atoms with Crippen molar-refractivity contribution in [3.63, 3.8) is 0 Å². The van der Waals surface area contributed by atoms with Gasteiger partial charge < -0.3 is 14.8 Å². The molecular weight excluding hydrogens is 316 g/mol. The van der Waals surface area contributed by atoms with Crippen molar-refractivity contribution in [3.05, 3.63) is 36.0 Å². The molecule has 1 saturated heterocycles. The molecule has 1 aliphatic heterocycles. The SMILES string of the molecule is COC(=O)[C@@H]1C[C@H](O)[C@@H](N2CCC(c3c[nH]c4ccccc34)CC2)C1. The number of hydrogen-bond donors (Lipinski definition) is 2. The van der Waals surface area contributed by atoms with E-state index in [1.54, 1.807) is 0 Å². The number of hydrogen-bond acceptors (Lipinski definition) is 4. The minimum absolute atomic E-state index is 0.0908. The summed E-state index contributed by atoms with van der Waals surface area (Å²) in [6.07, 6.45) is 5.16. The van der Waals surface area contributed by atoms with Crippen LogP contribution < -0.4 is 0 Å². The van der Waals surface area contributed by atoms with Gasteiger partial charge in [-0.1, -0.05) is 18.2 Å². The number of nitrogens with zero attached hydrogens (tertiary/aromatic N) is 1. The minimum Gasteiger partial charge on any atom is -0.469 e. The number of methoxy groups -OCH3 is 1. The molecule has 5 heteroatoms. The lowest BCUT2D eigenvalue weighted by Gasteiger charge is -2.37. The molecule has 2 heterocycles. The molecule has 4 rings (SSSR count). The highest BCUT2D eigenvalue weighted by atomic mass is 16.5. The van der Waals surface area contributed by atoms with Crippen LogP contribution in [0.1, 0.15) is 37.2 Å². The number of aromatic nitrogens is 1. The van der Waals surface area contributed by atoms with Crippen molar-refractivity contribution in [2.75, 3.05) is 20.2 Å². The summed E-state index contributed by atoms with van der Waals surface area (Å²) in [6, 6.07) is 8.56. The predicted octanol–water partition coefficient (Wildman–Crippen LogP) is 2.66. The van der Waals surface area contributed by atoms with Gasteiger partial charge in [-0.05, 0) is 56.3 Å². The summed E-state index contributed by atoms with van der Waals surface area (Å²) < 4.78 is 4.85. The maximum atomic E-state index is 11.8. The van der Waals surface area contributed by atoms with E-state index in [1.165, 1.54) is 23.6 Å². The van der Waals surface area contributed by atoms with Crippen LogP contribution in [0.4, 0.5) is 0 Å². The molecule has 1 aromatic heterocycles. The Labute approximate surface area is 148 Å². The van der Waals surface area contributed by atoms with E-state index in [9.17, 15) is 9.90 Å². The molecule has 5 nitrogen and oxygen atoms in total. The van der Waals surface area contributed by atoms with E-state index < -0.39 is 6.10 Å². The Morgan fingerprint density at radius 2 is 2.00 bits per heavy atom. The molecule has 1 aromatic carbocycles. The Morgan fingerprint density at radius 1 is 1.24 bits per heavy atom. The molecular formula is C20H26N2O3. The van der Waals surface area contributed by atoms with Gasteiger partial charge in [0.05, 0.1) is 19.1 Å². The Bertz CT molecular complexity index is 748. The van der Waals surface area contributed by atoms with Crippen molar-refractivity contribution < 1.29 is 14.6 Å². The first-order valence-electron chi connectivity index (χ1n) is 9.23. The van der Waals surface area contributed by atoms with E-state index in [-0.39, 0.29) is 17.9 Å². The zero-order valence-corrected chi connectivity index (χ0v) is 14.6. The fraction of sp³-hybridized carbons (Fsp3) is 0.550. The number of aromatic amines is 1. The number of carbonyl (C=O) groups is 1. The zero-order chi connectivity index (χ0) is 17.4. The zero-order valence-electron chi connectivity index (χ0n) is 14.6. The van der Waals surface area contributed by atoms with Gasteiger partial charge in [0, 0.05) is 23.1 Å². The Balaban J connectivity index is 1.41. The normalized spacial score (nSPS) is 28.5. The highest BCUT2D eigenvalue weighted by Crippen LogP contribution is 2.37. The lowest BCUT2D eigenvalue weighted by molar-refractivity contribution is -0.145. The first-order valence-corrected chi connectivity index (χ1v) is 9.23. The number of H-pyrrole nitrogens is 1. The monoisotopic (exact) mass is 342 g/mol. The van der Waals surface area contributed by atoms with Gasteiger partial charge in [0.1, 0.15) is 0 Å². The fourth-order valence-corrected chi connectivity index (χ4v) is 4.72. The lowest BCUT2D eigenvalue weighted by Crippen LogP contribution is -2.44. The number of fused-ring (bicyclic) bond motifs is 1. The number of carbonyl (C=O) groups excluding carboxylic acids is 1. The van der Waals surface area contributed by atoms with Gasteiger partial charge in [0.15, 0.2) is 0 Å². The van der Waals surface area contributed by atoms with Crippen molar-refractivity contribution in [2.24, 2.45) is 5.92 Å². The number of para-hydroxylation sites is 1. The molecule has 2 aromatic rings. The number of aliphatic hydroxyl groups excluding tert-OH is 1. The quantitative estimate of drug-likeness (QED) is 0.842. The van der Waals surface area contributed by atoms with Gasteiger partial charge in [-0.15, -0.1) is 0 Å². The first kappa shape index (κ1) is 16.6. The van der Waals surface area contributed by atoms with Crippen molar-refractivity contribution in [3.8, 4) is 0 Å². The first-order chi connectivity index (χ1) is 12.2. The average molecular weight is 342 g/mol. The van der Waals surface area contributed by atoms with Gasteiger partial charge in [-0.25, -0.2) is 0 Å². The third-order valence-electron chi connectivity index (χ3n) is 6.09. The van der Waals surface area contributed by atoms with E-state index in [0.717, 1.165) is 25.9 Å². The molecule has 0 radical (unpaired) electrons. The fourth-order valence-electron chi connectivity index (χ4n) is 4.72. The molecule has 1 aliphatic carbocycles. The van der Waals surface area contributed by atoms with Crippen LogP contribution in [0.25, 0.3) is 10.9 Å². The van der Waals surface area contributed by atoms with Crippen molar-refractivity contribution in [1.29, 1.82) is 0 Å². The van der Waals surface area contributed by atoms with Crippen LogP contribution in [-0.2, 0) is 9.53 Å². The summed E-state index contributed by atoms with van der Waals surface area (Å²) in [5.41, 5.74) is 2.61. The van der Waals surface area contributed by atoms with Gasteiger partial charge >= 0.3 is 5.97 Å². The molecule has 0 spiro atoms. The number of rotatable bonds is 3. The molecule has 3 atom stereocenters. The largest absolute Gasteiger partial charge is 0.469 e. The van der Waals surface area contributed by atoms with Crippen molar-refractivity contribution >= 4 is 16.9 Å². The molecule has 0 amide bonds. The van der Waals surface area contributed by atoms with Crippen LogP contribution in [0, 0.1) is 5.92 Å². The molecule has 2 fully saturated rings. The average Bonchev–Trinajstić information content (AvgIpc) is 3.25. The second-order valence-corrected chi connectivity index (χ2v) is 7.43. The highest BCUT2D eigenvalue weighted by molar-refractivity contribution is 5.83. The van der Waals surface area contributed by atoms with Crippen LogP contribution in [0.2, 0.25) is 0 Å². The van der Waals surface area contributed by atoms with E-state index in [1.807, 2.05) is 0 Å². The van der Waals surface area contributed by atoms with Crippen LogP contribution in [0.15, 0.2) is 30.5 Å². The molecule has 1 saturated carbocycles. The standard InChI is InChI=1S/C20H26N2O3/c1-25-20(24)14-10-18(19(23)11-14)22-8-6-13(7-9-22)16-12-21-17-5-3-2-4-15(16)17/h2-5,12-14,18-19,21,23H,6-11H2,1H3/t14-,18-,19-/m0/s1. The molecule has 2 N–H and O–H groups in total. The van der Waals surface area contributed by atoms with E-state index in [0.29, 0.717) is 18.8 Å². The summed E-state index contributed by atoms with van der Waals surface area (Å²) in [7, 11) is 1.43. The number of aliphatic hydroxyl groups is 1. The van der Waals surface area contributed by atoms with E-state index in [2.05, 4.69) is 40.3 Å². The van der Waals surface area contributed by atoms with E-state index >= 15 is 0 Å². The second kappa shape index (κ2) is 6.81. The maximum Gasteiger partial charge on any atom is 0.308 e. The molecule has 134 valence electrons. The molecule has 25 heavy (non-hydrogen) atoms. The third-order valence-corrected chi connectivity index (χ3v) is 6.09. The summed E-state index contributed by atoms with van der Waals surface area (Å²) in [5.74, 6) is 0.217. The number of likely N-dealkylation sites (tertiary alicyclic amines) is 1. The van der Waals surface area contributed by atoms with Gasteiger partial charge in [-0.3, -0.25) is 9.69 Å². The summed E-state index contributed by atoms with van der Waals surface area (Å²) in [5, 5.41) is 11.7. The molecule has 0 unspecified atom stereocenters. The smallest absolute Gasteiger partial charge is 0.308 e. The second-order valence-electron chi connectivity index (χ2n) is 7.43. The van der Waals surface area contributed by atoms with Crippen LogP contribution in [-0.4, -0.2) is 53.3 Å². The Hall–Kier alpha value is -1.85. The topological polar surface area (TPSA) is 65.6 Å². The van der Waals surface area contributed by atoms with Crippen LogP contribution in [0.5, 0.6) is 0 Å². The number of nitrogens with one attached hydrogen (secondary N) is 1. The van der Waals surface area contributed by atoms with Gasteiger partial charge in [-0.2, -0.15) is 0 Å². The number of piperidine rings is 1. The molecule has 2 aliphatic rings. The number of esters is 1. The van der Waals surface area contributed by atoms with Crippen molar-refractivity contribution in [1.82, 2.24) is 9.88 Å². The summed E-state index contributed by atoms with van der Waals surface area (Å²) >= 11 is 0. The number of ether oxygens (including phenoxy) is 1. The Kier molecular flexibility index (Phi) is 4.52. The van der Waals surface area contributed by atoms with Gasteiger partial charge in [0.25, 0.3) is 0 Å². The van der Waals surface area contributed by atoms with Gasteiger partial charge in [0.2, 0.25) is 0 Å².